The Morgan fingerprint density at radius 1 is 0.815 bits per heavy atom. The van der Waals surface area contributed by atoms with Crippen molar-refractivity contribution >= 4 is 28.8 Å². The average molecular weight is 373 g/mol. The highest BCUT2D eigenvalue weighted by molar-refractivity contribution is 5.61. The number of hydrogen-bond acceptors (Lipinski definition) is 5. The van der Waals surface area contributed by atoms with Gasteiger partial charge >= 0.3 is 6.18 Å². The molecular formula is C19H18F3N5. The van der Waals surface area contributed by atoms with E-state index in [1.54, 1.807) is 12.3 Å². The van der Waals surface area contributed by atoms with E-state index in [0.29, 0.717) is 17.5 Å². The highest BCUT2D eigenvalue weighted by atomic mass is 19.4. The van der Waals surface area contributed by atoms with Crippen molar-refractivity contribution in [3.63, 3.8) is 0 Å². The lowest BCUT2D eigenvalue weighted by atomic mass is 10.2. The van der Waals surface area contributed by atoms with Crippen LogP contribution in [0.2, 0.25) is 0 Å². The Morgan fingerprint density at radius 3 is 2.00 bits per heavy atom. The molecule has 0 aliphatic carbocycles. The van der Waals surface area contributed by atoms with Crippen molar-refractivity contribution in [2.75, 3.05) is 29.6 Å². The third-order valence-electron chi connectivity index (χ3n) is 3.78. The Hall–Kier alpha value is -3.29. The van der Waals surface area contributed by atoms with Crippen molar-refractivity contribution < 1.29 is 13.2 Å². The Balaban J connectivity index is 1.70. The van der Waals surface area contributed by atoms with Gasteiger partial charge in [0.2, 0.25) is 5.95 Å². The quantitative estimate of drug-likeness (QED) is 0.656. The molecule has 0 aliphatic heterocycles. The smallest absolute Gasteiger partial charge is 0.378 e. The fourth-order valence-electron chi connectivity index (χ4n) is 2.35. The van der Waals surface area contributed by atoms with E-state index in [1.165, 1.54) is 12.1 Å². The highest BCUT2D eigenvalue weighted by Gasteiger charge is 2.29. The molecular weight excluding hydrogens is 355 g/mol. The van der Waals surface area contributed by atoms with Gasteiger partial charge in [-0.2, -0.15) is 18.2 Å². The first kappa shape index (κ1) is 18.5. The first-order chi connectivity index (χ1) is 12.8. The van der Waals surface area contributed by atoms with E-state index in [-0.39, 0.29) is 0 Å². The second-order valence-corrected chi connectivity index (χ2v) is 6.03. The van der Waals surface area contributed by atoms with Gasteiger partial charge in [-0.3, -0.25) is 0 Å². The van der Waals surface area contributed by atoms with E-state index >= 15 is 0 Å². The van der Waals surface area contributed by atoms with Crippen LogP contribution in [0.25, 0.3) is 0 Å². The van der Waals surface area contributed by atoms with Crippen molar-refractivity contribution in [3.8, 4) is 0 Å². The summed E-state index contributed by atoms with van der Waals surface area (Å²) in [6, 6.07) is 14.2. The van der Waals surface area contributed by atoms with Crippen LogP contribution in [0.3, 0.4) is 0 Å². The molecule has 3 aromatic rings. The van der Waals surface area contributed by atoms with E-state index in [0.717, 1.165) is 23.5 Å². The van der Waals surface area contributed by atoms with Crippen molar-refractivity contribution in [3.05, 3.63) is 66.4 Å². The van der Waals surface area contributed by atoms with Gasteiger partial charge in [0.15, 0.2) is 0 Å². The molecule has 0 aliphatic rings. The van der Waals surface area contributed by atoms with E-state index in [4.69, 9.17) is 0 Å². The largest absolute Gasteiger partial charge is 0.416 e. The molecule has 8 heteroatoms. The Kier molecular flexibility index (Phi) is 5.16. The fraction of sp³-hybridized carbons (Fsp3) is 0.158. The SMILES string of the molecule is CN(C)c1ccc(Nc2nccc(Nc3ccc(C(F)(F)F)cc3)n2)cc1. The molecule has 2 aromatic carbocycles. The molecule has 0 radical (unpaired) electrons. The van der Waals surface area contributed by atoms with Crippen LogP contribution < -0.4 is 15.5 Å². The maximum absolute atomic E-state index is 12.6. The summed E-state index contributed by atoms with van der Waals surface area (Å²) in [5.74, 6) is 0.849. The molecule has 2 N–H and O–H groups in total. The molecule has 140 valence electrons. The van der Waals surface area contributed by atoms with Gasteiger partial charge in [-0.15, -0.1) is 0 Å². The second kappa shape index (κ2) is 7.53. The van der Waals surface area contributed by atoms with Gasteiger partial charge in [0.05, 0.1) is 5.56 Å². The van der Waals surface area contributed by atoms with Crippen molar-refractivity contribution in [1.29, 1.82) is 0 Å². The van der Waals surface area contributed by atoms with Crippen LogP contribution in [0.1, 0.15) is 5.56 Å². The molecule has 5 nitrogen and oxygen atoms in total. The van der Waals surface area contributed by atoms with Gasteiger partial charge in [-0.25, -0.2) is 4.98 Å². The maximum atomic E-state index is 12.6. The van der Waals surface area contributed by atoms with Gasteiger partial charge in [0.25, 0.3) is 0 Å². The number of nitrogens with one attached hydrogen (secondary N) is 2. The summed E-state index contributed by atoms with van der Waals surface area (Å²) in [6.45, 7) is 0. The molecule has 3 rings (SSSR count). The van der Waals surface area contributed by atoms with E-state index in [1.807, 2.05) is 43.3 Å². The minimum absolute atomic E-state index is 0.379. The minimum Gasteiger partial charge on any atom is -0.378 e. The molecule has 0 fully saturated rings. The predicted molar refractivity (Wildman–Crippen MR) is 101 cm³/mol. The highest BCUT2D eigenvalue weighted by Crippen LogP contribution is 2.30. The van der Waals surface area contributed by atoms with Gasteiger partial charge in [0, 0.05) is 37.4 Å². The van der Waals surface area contributed by atoms with Crippen molar-refractivity contribution in [1.82, 2.24) is 9.97 Å². The molecule has 0 saturated heterocycles. The van der Waals surface area contributed by atoms with E-state index < -0.39 is 11.7 Å². The lowest BCUT2D eigenvalue weighted by molar-refractivity contribution is -0.137. The fourth-order valence-corrected chi connectivity index (χ4v) is 2.35. The molecule has 0 spiro atoms. The average Bonchev–Trinajstić information content (AvgIpc) is 2.62. The Morgan fingerprint density at radius 2 is 1.41 bits per heavy atom. The summed E-state index contributed by atoms with van der Waals surface area (Å²) in [7, 11) is 3.92. The predicted octanol–water partition coefficient (Wildman–Crippen LogP) is 5.05. The summed E-state index contributed by atoms with van der Waals surface area (Å²) >= 11 is 0. The van der Waals surface area contributed by atoms with E-state index in [2.05, 4.69) is 20.6 Å². The lowest BCUT2D eigenvalue weighted by Crippen LogP contribution is -2.08. The topological polar surface area (TPSA) is 53.1 Å². The monoisotopic (exact) mass is 373 g/mol. The lowest BCUT2D eigenvalue weighted by Gasteiger charge is -2.13. The molecule has 1 aromatic heterocycles. The first-order valence-corrected chi connectivity index (χ1v) is 8.13. The summed E-state index contributed by atoms with van der Waals surface area (Å²) < 4.78 is 37.9. The molecule has 0 atom stereocenters. The zero-order chi connectivity index (χ0) is 19.4. The van der Waals surface area contributed by atoms with Crippen molar-refractivity contribution in [2.45, 2.75) is 6.18 Å². The van der Waals surface area contributed by atoms with Gasteiger partial charge in [0.1, 0.15) is 5.82 Å². The maximum Gasteiger partial charge on any atom is 0.416 e. The molecule has 0 amide bonds. The van der Waals surface area contributed by atoms with Crippen molar-refractivity contribution in [2.24, 2.45) is 0 Å². The van der Waals surface area contributed by atoms with Crippen LogP contribution in [0.15, 0.2) is 60.8 Å². The number of benzene rings is 2. The standard InChI is InChI=1S/C19H18F3N5/c1-27(2)16-9-7-15(8-10-16)25-18-23-12-11-17(26-18)24-14-5-3-13(4-6-14)19(20,21)22/h3-12H,1-2H3,(H2,23,24,25,26). The van der Waals surface area contributed by atoms with Crippen LogP contribution >= 0.6 is 0 Å². The van der Waals surface area contributed by atoms with Crippen LogP contribution in [0.4, 0.5) is 42.0 Å². The van der Waals surface area contributed by atoms with Gasteiger partial charge in [-0.1, -0.05) is 0 Å². The van der Waals surface area contributed by atoms with Crippen LogP contribution in [0, 0.1) is 0 Å². The third-order valence-corrected chi connectivity index (χ3v) is 3.78. The van der Waals surface area contributed by atoms with Gasteiger partial charge in [-0.05, 0) is 54.6 Å². The molecule has 0 saturated carbocycles. The summed E-state index contributed by atoms with van der Waals surface area (Å²) in [6.07, 6.45) is -2.79. The van der Waals surface area contributed by atoms with Crippen LogP contribution in [-0.4, -0.2) is 24.1 Å². The number of alkyl halides is 3. The minimum atomic E-state index is -4.35. The number of rotatable bonds is 5. The molecule has 0 bridgehead atoms. The number of halogens is 3. The first-order valence-electron chi connectivity index (χ1n) is 8.13. The zero-order valence-electron chi connectivity index (χ0n) is 14.7. The second-order valence-electron chi connectivity index (χ2n) is 6.03. The molecule has 0 unspecified atom stereocenters. The van der Waals surface area contributed by atoms with E-state index in [9.17, 15) is 13.2 Å². The van der Waals surface area contributed by atoms with Crippen LogP contribution in [0.5, 0.6) is 0 Å². The number of nitrogens with zero attached hydrogens (tertiary/aromatic N) is 3. The Bertz CT molecular complexity index is 890. The summed E-state index contributed by atoms with van der Waals surface area (Å²) in [4.78, 5) is 10.5. The summed E-state index contributed by atoms with van der Waals surface area (Å²) in [5.41, 5.74) is 1.70. The molecule has 1 heterocycles. The normalized spacial score (nSPS) is 11.1. The van der Waals surface area contributed by atoms with Gasteiger partial charge < -0.3 is 15.5 Å². The number of hydrogen-bond donors (Lipinski definition) is 2. The number of aromatic nitrogens is 2. The summed E-state index contributed by atoms with van der Waals surface area (Å²) in [5, 5.41) is 6.06. The Labute approximate surface area is 154 Å². The third kappa shape index (κ3) is 4.87. The number of anilines is 5. The van der Waals surface area contributed by atoms with Crippen LogP contribution in [-0.2, 0) is 6.18 Å². The zero-order valence-corrected chi connectivity index (χ0v) is 14.7. The molecule has 27 heavy (non-hydrogen) atoms.